The van der Waals surface area contributed by atoms with Crippen molar-refractivity contribution in [1.82, 2.24) is 35.7 Å². The molecule has 1 atom stereocenters. The largest absolute Gasteiger partial charge is 0.405 e. The third kappa shape index (κ3) is 4.35. The van der Waals surface area contributed by atoms with E-state index in [4.69, 9.17) is 0 Å². The zero-order valence-corrected chi connectivity index (χ0v) is 13.8. The Bertz CT molecular complexity index is 729. The third-order valence-electron chi connectivity index (χ3n) is 4.15. The van der Waals surface area contributed by atoms with Crippen LogP contribution in [0.3, 0.4) is 0 Å². The van der Waals surface area contributed by atoms with E-state index in [0.29, 0.717) is 18.8 Å². The van der Waals surface area contributed by atoms with Gasteiger partial charge in [0.15, 0.2) is 0 Å². The summed E-state index contributed by atoms with van der Waals surface area (Å²) >= 11 is 0. The zero-order valence-electron chi connectivity index (χ0n) is 13.8. The summed E-state index contributed by atoms with van der Waals surface area (Å²) in [6, 6.07) is 4.63. The number of hydrogen-bond donors (Lipinski definition) is 2. The molecular formula is C15H18F3N7O. The molecule has 0 aliphatic carbocycles. The number of carbonyl (C=O) groups is 1. The molecule has 1 saturated heterocycles. The van der Waals surface area contributed by atoms with Crippen LogP contribution in [0.4, 0.5) is 13.2 Å². The molecule has 140 valence electrons. The number of halogens is 3. The average molecular weight is 369 g/mol. The number of hydrogen-bond acceptors (Lipinski definition) is 6. The molecule has 2 heterocycles. The molecule has 8 nitrogen and oxygen atoms in total. The molecule has 2 N–H and O–H groups in total. The Morgan fingerprint density at radius 1 is 1.31 bits per heavy atom. The Hall–Kier alpha value is -2.53. The lowest BCUT2D eigenvalue weighted by Gasteiger charge is -2.35. The number of piperazine rings is 1. The van der Waals surface area contributed by atoms with Gasteiger partial charge in [-0.2, -0.15) is 13.2 Å². The maximum absolute atomic E-state index is 13.4. The molecule has 1 aliphatic heterocycles. The van der Waals surface area contributed by atoms with Crippen molar-refractivity contribution in [2.24, 2.45) is 0 Å². The van der Waals surface area contributed by atoms with Crippen molar-refractivity contribution in [2.45, 2.75) is 12.2 Å². The Morgan fingerprint density at radius 3 is 2.73 bits per heavy atom. The van der Waals surface area contributed by atoms with Gasteiger partial charge in [-0.15, -0.1) is 5.10 Å². The van der Waals surface area contributed by atoms with Gasteiger partial charge in [-0.1, -0.05) is 6.07 Å². The third-order valence-corrected chi connectivity index (χ3v) is 4.15. The van der Waals surface area contributed by atoms with Crippen LogP contribution in [0, 0.1) is 0 Å². The van der Waals surface area contributed by atoms with Crippen LogP contribution in [-0.2, 0) is 0 Å². The van der Waals surface area contributed by atoms with Crippen molar-refractivity contribution in [2.75, 3.05) is 32.7 Å². The number of alkyl halides is 3. The monoisotopic (exact) mass is 369 g/mol. The molecule has 0 saturated carbocycles. The van der Waals surface area contributed by atoms with Crippen molar-refractivity contribution >= 4 is 5.91 Å². The number of tetrazole rings is 1. The second kappa shape index (κ2) is 7.79. The summed E-state index contributed by atoms with van der Waals surface area (Å²) < 4.78 is 41.5. The van der Waals surface area contributed by atoms with E-state index in [1.165, 1.54) is 28.0 Å². The maximum Gasteiger partial charge on any atom is 0.405 e. The predicted octanol–water partition coefficient (Wildman–Crippen LogP) is 0.228. The molecule has 1 fully saturated rings. The minimum atomic E-state index is -4.42. The van der Waals surface area contributed by atoms with E-state index in [2.05, 4.69) is 26.2 Å². The van der Waals surface area contributed by atoms with Crippen molar-refractivity contribution in [3.8, 4) is 5.69 Å². The first-order valence-electron chi connectivity index (χ1n) is 8.08. The number of nitrogens with one attached hydrogen (secondary N) is 2. The second-order valence-corrected chi connectivity index (χ2v) is 5.86. The van der Waals surface area contributed by atoms with Gasteiger partial charge in [-0.25, -0.2) is 4.68 Å². The van der Waals surface area contributed by atoms with Crippen molar-refractivity contribution < 1.29 is 18.0 Å². The Balaban J connectivity index is 1.67. The van der Waals surface area contributed by atoms with Crippen molar-refractivity contribution in [1.29, 1.82) is 0 Å². The van der Waals surface area contributed by atoms with E-state index in [-0.39, 0.29) is 18.7 Å². The summed E-state index contributed by atoms with van der Waals surface area (Å²) in [6.45, 7) is 1.06. The molecular weight excluding hydrogens is 351 g/mol. The summed E-state index contributed by atoms with van der Waals surface area (Å²) in [5, 5.41) is 16.1. The molecule has 26 heavy (non-hydrogen) atoms. The normalized spacial score (nSPS) is 17.0. The van der Waals surface area contributed by atoms with Gasteiger partial charge in [0.05, 0.1) is 5.69 Å². The number of aromatic nitrogens is 4. The number of nitrogens with zero attached hydrogens (tertiary/aromatic N) is 5. The lowest BCUT2D eigenvalue weighted by molar-refractivity contribution is -0.183. The highest BCUT2D eigenvalue weighted by atomic mass is 19.4. The summed E-state index contributed by atoms with van der Waals surface area (Å²) in [4.78, 5) is 13.7. The van der Waals surface area contributed by atoms with Crippen LogP contribution < -0.4 is 10.6 Å². The van der Waals surface area contributed by atoms with Crippen LogP contribution in [-0.4, -0.2) is 76.0 Å². The van der Waals surface area contributed by atoms with Crippen LogP contribution >= 0.6 is 0 Å². The molecule has 0 spiro atoms. The minimum absolute atomic E-state index is 0.235. The van der Waals surface area contributed by atoms with E-state index >= 15 is 0 Å². The van der Waals surface area contributed by atoms with E-state index in [9.17, 15) is 18.0 Å². The summed E-state index contributed by atoms with van der Waals surface area (Å²) in [6.07, 6.45) is -3.06. The van der Waals surface area contributed by atoms with Crippen LogP contribution in [0.25, 0.3) is 5.69 Å². The first-order valence-corrected chi connectivity index (χ1v) is 8.08. The fourth-order valence-corrected chi connectivity index (χ4v) is 2.81. The highest BCUT2D eigenvalue weighted by Gasteiger charge is 2.43. The molecule has 0 bridgehead atoms. The summed E-state index contributed by atoms with van der Waals surface area (Å²) in [5.74, 6) is -0.579. The molecule has 1 amide bonds. The van der Waals surface area contributed by atoms with Gasteiger partial charge in [-0.3, -0.25) is 9.69 Å². The smallest absolute Gasteiger partial charge is 0.350 e. The number of rotatable bonds is 5. The molecule has 2 aromatic rings. The molecule has 1 aromatic carbocycles. The topological polar surface area (TPSA) is 88.0 Å². The van der Waals surface area contributed by atoms with Crippen LogP contribution in [0.1, 0.15) is 10.4 Å². The van der Waals surface area contributed by atoms with Crippen molar-refractivity contribution in [3.63, 3.8) is 0 Å². The van der Waals surface area contributed by atoms with E-state index in [0.717, 1.165) is 0 Å². The van der Waals surface area contributed by atoms with Crippen LogP contribution in [0.15, 0.2) is 30.6 Å². The minimum Gasteiger partial charge on any atom is -0.350 e. The SMILES string of the molecule is O=C(NCC(N1CCNCC1)C(F)(F)F)c1cccc(-n2cnnn2)c1. The van der Waals surface area contributed by atoms with Crippen molar-refractivity contribution in [3.05, 3.63) is 36.2 Å². The predicted molar refractivity (Wildman–Crippen MR) is 85.8 cm³/mol. The molecule has 3 rings (SSSR count). The second-order valence-electron chi connectivity index (χ2n) is 5.86. The Kier molecular flexibility index (Phi) is 5.47. The average Bonchev–Trinajstić information content (AvgIpc) is 3.16. The highest BCUT2D eigenvalue weighted by Crippen LogP contribution is 2.25. The van der Waals surface area contributed by atoms with E-state index in [1.807, 2.05) is 0 Å². The number of benzene rings is 1. The van der Waals surface area contributed by atoms with Crippen LogP contribution in [0.2, 0.25) is 0 Å². The van der Waals surface area contributed by atoms with Crippen LogP contribution in [0.5, 0.6) is 0 Å². The first kappa shape index (κ1) is 18.3. The quantitative estimate of drug-likeness (QED) is 0.785. The zero-order chi connectivity index (χ0) is 18.6. The fraction of sp³-hybridized carbons (Fsp3) is 0.467. The van der Waals surface area contributed by atoms with Gasteiger partial charge in [0.25, 0.3) is 5.91 Å². The highest BCUT2D eigenvalue weighted by molar-refractivity contribution is 5.94. The molecule has 1 aliphatic rings. The molecule has 11 heteroatoms. The maximum atomic E-state index is 13.4. The molecule has 1 unspecified atom stereocenters. The van der Waals surface area contributed by atoms with E-state index in [1.54, 1.807) is 12.1 Å². The first-order chi connectivity index (χ1) is 12.4. The standard InChI is InChI=1S/C15H18F3N7O/c16-15(17,18)13(24-6-4-19-5-7-24)9-20-14(26)11-2-1-3-12(8-11)25-10-21-22-23-25/h1-3,8,10,13,19H,4-7,9H2,(H,20,26). The van der Waals surface area contributed by atoms with Gasteiger partial charge < -0.3 is 10.6 Å². The van der Waals surface area contributed by atoms with Gasteiger partial charge in [0, 0.05) is 38.3 Å². The number of amides is 1. The Labute approximate surface area is 147 Å². The van der Waals surface area contributed by atoms with E-state index < -0.39 is 24.7 Å². The lowest BCUT2D eigenvalue weighted by Crippen LogP contribution is -2.57. The number of carbonyl (C=O) groups excluding carboxylic acids is 1. The van der Waals surface area contributed by atoms with Gasteiger partial charge in [0.1, 0.15) is 12.4 Å². The Morgan fingerprint density at radius 2 is 2.08 bits per heavy atom. The van der Waals surface area contributed by atoms with Gasteiger partial charge in [-0.05, 0) is 28.6 Å². The summed E-state index contributed by atoms with van der Waals surface area (Å²) in [5.41, 5.74) is 0.774. The lowest BCUT2D eigenvalue weighted by atomic mass is 10.1. The fourth-order valence-electron chi connectivity index (χ4n) is 2.81. The molecule has 0 radical (unpaired) electrons. The van der Waals surface area contributed by atoms with Gasteiger partial charge in [0.2, 0.25) is 0 Å². The summed E-state index contributed by atoms with van der Waals surface area (Å²) in [7, 11) is 0. The van der Waals surface area contributed by atoms with Gasteiger partial charge >= 0.3 is 6.18 Å². The molecule has 1 aromatic heterocycles.